The van der Waals surface area contributed by atoms with Gasteiger partial charge in [0.05, 0.1) is 0 Å². The summed E-state index contributed by atoms with van der Waals surface area (Å²) in [6, 6.07) is 7.37. The summed E-state index contributed by atoms with van der Waals surface area (Å²) >= 11 is 0. The molecule has 0 aromatic heterocycles. The van der Waals surface area contributed by atoms with Crippen LogP contribution in [-0.4, -0.2) is 24.8 Å². The van der Waals surface area contributed by atoms with Crippen LogP contribution in [0, 0.1) is 0 Å². The first kappa shape index (κ1) is 11.2. The fraction of sp³-hybridized carbons (Fsp3) is 0.154. The van der Waals surface area contributed by atoms with Gasteiger partial charge in [-0.15, -0.1) is 0 Å². The second-order valence-electron chi connectivity index (χ2n) is 3.47. The van der Waals surface area contributed by atoms with Gasteiger partial charge in [-0.05, 0) is 5.56 Å². The molecule has 0 aliphatic rings. The molecule has 0 spiro atoms. The molecule has 2 heteroatoms. The molecule has 0 bridgehead atoms. The average Bonchev–Trinajstić information content (AvgIpc) is 2.26. The quantitative estimate of drug-likeness (QED) is 0.551. The van der Waals surface area contributed by atoms with Gasteiger partial charge in [-0.2, -0.15) is 0 Å². The van der Waals surface area contributed by atoms with Crippen LogP contribution in [0.5, 0.6) is 0 Å². The van der Waals surface area contributed by atoms with Gasteiger partial charge in [0, 0.05) is 31.9 Å². The Labute approximate surface area is 90.5 Å². The predicted octanol–water partition coefficient (Wildman–Crippen LogP) is 2.59. The standard InChI is InChI=1S/C13H15NO/c1-4-11-5-7-12(8-6-11)13(15)9-10-14(2)3/h4-10H,1H2,2-3H3/b10-9+. The highest BCUT2D eigenvalue weighted by molar-refractivity contribution is 6.04. The van der Waals surface area contributed by atoms with Crippen molar-refractivity contribution in [1.82, 2.24) is 4.90 Å². The fourth-order valence-electron chi connectivity index (χ4n) is 1.10. The molecule has 1 aromatic rings. The van der Waals surface area contributed by atoms with E-state index in [1.54, 1.807) is 30.5 Å². The summed E-state index contributed by atoms with van der Waals surface area (Å²) in [5.74, 6) is 0.0133. The van der Waals surface area contributed by atoms with E-state index < -0.39 is 0 Å². The van der Waals surface area contributed by atoms with Crippen molar-refractivity contribution in [2.24, 2.45) is 0 Å². The van der Waals surface area contributed by atoms with Crippen LogP contribution in [0.2, 0.25) is 0 Å². The molecule has 0 aliphatic carbocycles. The molecular formula is C13H15NO. The number of rotatable bonds is 4. The van der Waals surface area contributed by atoms with E-state index >= 15 is 0 Å². The Morgan fingerprint density at radius 1 is 1.27 bits per heavy atom. The molecule has 15 heavy (non-hydrogen) atoms. The van der Waals surface area contributed by atoms with Crippen molar-refractivity contribution in [3.8, 4) is 0 Å². The topological polar surface area (TPSA) is 20.3 Å². The molecule has 0 aliphatic heterocycles. The lowest BCUT2D eigenvalue weighted by Crippen LogP contribution is -2.03. The summed E-state index contributed by atoms with van der Waals surface area (Å²) in [6.45, 7) is 3.66. The SMILES string of the molecule is C=Cc1ccc(C(=O)/C=C/N(C)C)cc1. The Morgan fingerprint density at radius 2 is 1.87 bits per heavy atom. The number of hydrogen-bond acceptors (Lipinski definition) is 2. The largest absolute Gasteiger partial charge is 0.383 e. The van der Waals surface area contributed by atoms with Gasteiger partial charge in [0.2, 0.25) is 0 Å². The molecule has 0 N–H and O–H groups in total. The third-order valence-electron chi connectivity index (χ3n) is 1.95. The Balaban J connectivity index is 2.78. The van der Waals surface area contributed by atoms with Crippen LogP contribution in [-0.2, 0) is 0 Å². The lowest BCUT2D eigenvalue weighted by Gasteiger charge is -2.02. The van der Waals surface area contributed by atoms with Gasteiger partial charge >= 0.3 is 0 Å². The van der Waals surface area contributed by atoms with Crippen molar-refractivity contribution in [2.75, 3.05) is 14.1 Å². The minimum atomic E-state index is 0.0133. The molecule has 1 rings (SSSR count). The molecule has 0 fully saturated rings. The maximum Gasteiger partial charge on any atom is 0.187 e. The molecule has 78 valence electrons. The predicted molar refractivity (Wildman–Crippen MR) is 63.7 cm³/mol. The Hall–Kier alpha value is -1.83. The third kappa shape index (κ3) is 3.43. The van der Waals surface area contributed by atoms with Crippen molar-refractivity contribution in [3.63, 3.8) is 0 Å². The van der Waals surface area contributed by atoms with Crippen molar-refractivity contribution >= 4 is 11.9 Å². The summed E-state index contributed by atoms with van der Waals surface area (Å²) in [4.78, 5) is 13.4. The van der Waals surface area contributed by atoms with Gasteiger partial charge in [0.1, 0.15) is 0 Å². The molecule has 0 unspecified atom stereocenters. The molecule has 0 heterocycles. The van der Waals surface area contributed by atoms with Crippen LogP contribution < -0.4 is 0 Å². The van der Waals surface area contributed by atoms with Gasteiger partial charge in [0.15, 0.2) is 5.78 Å². The smallest absolute Gasteiger partial charge is 0.187 e. The van der Waals surface area contributed by atoms with Crippen LogP contribution in [0.15, 0.2) is 43.1 Å². The number of benzene rings is 1. The summed E-state index contributed by atoms with van der Waals surface area (Å²) in [5, 5.41) is 0. The van der Waals surface area contributed by atoms with Crippen molar-refractivity contribution in [3.05, 3.63) is 54.2 Å². The van der Waals surface area contributed by atoms with E-state index in [1.807, 2.05) is 31.1 Å². The van der Waals surface area contributed by atoms with Gasteiger partial charge in [-0.25, -0.2) is 0 Å². The average molecular weight is 201 g/mol. The summed E-state index contributed by atoms with van der Waals surface area (Å²) in [7, 11) is 3.76. The molecule has 2 nitrogen and oxygen atoms in total. The lowest BCUT2D eigenvalue weighted by molar-refractivity contribution is 0.104. The van der Waals surface area contributed by atoms with Crippen LogP contribution in [0.25, 0.3) is 6.08 Å². The van der Waals surface area contributed by atoms with Crippen molar-refractivity contribution in [1.29, 1.82) is 0 Å². The third-order valence-corrected chi connectivity index (χ3v) is 1.95. The summed E-state index contributed by atoms with van der Waals surface area (Å²) in [5.41, 5.74) is 1.71. The molecule has 0 atom stereocenters. The number of carbonyl (C=O) groups is 1. The maximum absolute atomic E-state index is 11.6. The lowest BCUT2D eigenvalue weighted by atomic mass is 10.1. The number of nitrogens with zero attached hydrogens (tertiary/aromatic N) is 1. The van der Waals surface area contributed by atoms with E-state index in [0.717, 1.165) is 5.56 Å². The highest BCUT2D eigenvalue weighted by Gasteiger charge is 2.00. The van der Waals surface area contributed by atoms with Crippen molar-refractivity contribution in [2.45, 2.75) is 0 Å². The Kier molecular flexibility index (Phi) is 3.86. The molecule has 0 saturated carbocycles. The Bertz CT molecular complexity index is 374. The first-order valence-corrected chi connectivity index (χ1v) is 4.75. The molecule has 0 saturated heterocycles. The maximum atomic E-state index is 11.6. The van der Waals surface area contributed by atoms with Gasteiger partial charge in [-0.1, -0.05) is 36.9 Å². The van der Waals surface area contributed by atoms with Crippen LogP contribution in [0.4, 0.5) is 0 Å². The molecular weight excluding hydrogens is 186 g/mol. The van der Waals surface area contributed by atoms with E-state index in [-0.39, 0.29) is 5.78 Å². The number of allylic oxidation sites excluding steroid dienone is 1. The zero-order valence-corrected chi connectivity index (χ0v) is 9.10. The van der Waals surface area contributed by atoms with E-state index in [9.17, 15) is 4.79 Å². The first-order valence-electron chi connectivity index (χ1n) is 4.75. The van der Waals surface area contributed by atoms with E-state index in [4.69, 9.17) is 0 Å². The van der Waals surface area contributed by atoms with Crippen LogP contribution in [0.1, 0.15) is 15.9 Å². The monoisotopic (exact) mass is 201 g/mol. The normalized spacial score (nSPS) is 10.3. The van der Waals surface area contributed by atoms with E-state index in [1.165, 1.54) is 0 Å². The number of hydrogen-bond donors (Lipinski definition) is 0. The minimum absolute atomic E-state index is 0.0133. The van der Waals surface area contributed by atoms with E-state index in [0.29, 0.717) is 5.56 Å². The van der Waals surface area contributed by atoms with Crippen molar-refractivity contribution < 1.29 is 4.79 Å². The zero-order chi connectivity index (χ0) is 11.3. The van der Waals surface area contributed by atoms with Gasteiger partial charge in [0.25, 0.3) is 0 Å². The van der Waals surface area contributed by atoms with Crippen LogP contribution in [0.3, 0.4) is 0 Å². The fourth-order valence-corrected chi connectivity index (χ4v) is 1.10. The first-order chi connectivity index (χ1) is 7.13. The van der Waals surface area contributed by atoms with Crippen LogP contribution >= 0.6 is 0 Å². The molecule has 0 radical (unpaired) electrons. The molecule has 0 amide bonds. The van der Waals surface area contributed by atoms with Gasteiger partial charge in [-0.3, -0.25) is 4.79 Å². The second kappa shape index (κ2) is 5.15. The Morgan fingerprint density at radius 3 is 2.33 bits per heavy atom. The van der Waals surface area contributed by atoms with Gasteiger partial charge < -0.3 is 4.90 Å². The van der Waals surface area contributed by atoms with E-state index in [2.05, 4.69) is 6.58 Å². The highest BCUT2D eigenvalue weighted by Crippen LogP contribution is 2.06. The number of carbonyl (C=O) groups excluding carboxylic acids is 1. The minimum Gasteiger partial charge on any atom is -0.383 e. The second-order valence-corrected chi connectivity index (χ2v) is 3.47. The summed E-state index contributed by atoms with van der Waals surface area (Å²) in [6.07, 6.45) is 5.05. The molecule has 1 aromatic carbocycles. The number of ketones is 1. The highest BCUT2D eigenvalue weighted by atomic mass is 16.1. The summed E-state index contributed by atoms with van der Waals surface area (Å²) < 4.78 is 0. The zero-order valence-electron chi connectivity index (χ0n) is 9.10.